The van der Waals surface area contributed by atoms with Crippen LogP contribution in [-0.2, 0) is 6.18 Å². The Kier molecular flexibility index (Phi) is 6.03. The van der Waals surface area contributed by atoms with Crippen LogP contribution in [0.25, 0.3) is 11.1 Å². The Morgan fingerprint density at radius 1 is 1.00 bits per heavy atom. The lowest BCUT2D eigenvalue weighted by Gasteiger charge is -2.14. The molecule has 4 aromatic rings. The van der Waals surface area contributed by atoms with E-state index in [-0.39, 0.29) is 27.8 Å². The summed E-state index contributed by atoms with van der Waals surface area (Å²) in [6.07, 6.45) is -3.67. The lowest BCUT2D eigenvalue weighted by Crippen LogP contribution is -2.26. The van der Waals surface area contributed by atoms with E-state index in [9.17, 15) is 27.6 Å². The summed E-state index contributed by atoms with van der Waals surface area (Å²) >= 11 is 0. The van der Waals surface area contributed by atoms with Crippen molar-refractivity contribution in [1.29, 1.82) is 5.26 Å². The van der Waals surface area contributed by atoms with E-state index >= 15 is 0 Å². The molecule has 4 rings (SSSR count). The van der Waals surface area contributed by atoms with Crippen molar-refractivity contribution in [1.82, 2.24) is 14.8 Å². The van der Waals surface area contributed by atoms with Crippen LogP contribution in [-0.4, -0.2) is 26.6 Å². The first-order valence-electron chi connectivity index (χ1n) is 9.98. The fraction of sp³-hybridized carbons (Fsp3) is 0.0417. The van der Waals surface area contributed by atoms with Gasteiger partial charge in [0.1, 0.15) is 6.33 Å². The number of alkyl halides is 3. The molecule has 35 heavy (non-hydrogen) atoms. The molecule has 0 spiro atoms. The second-order valence-electron chi connectivity index (χ2n) is 7.26. The molecule has 8 nitrogen and oxygen atoms in total. The summed E-state index contributed by atoms with van der Waals surface area (Å²) in [4.78, 5) is 39.4. The van der Waals surface area contributed by atoms with E-state index < -0.39 is 29.2 Å². The number of hydrogen-bond donors (Lipinski definition) is 2. The van der Waals surface area contributed by atoms with Gasteiger partial charge in [-0.05, 0) is 53.6 Å². The minimum absolute atomic E-state index is 0.0765. The molecule has 1 amide bonds. The van der Waals surface area contributed by atoms with Crippen LogP contribution in [0, 0.1) is 11.3 Å². The number of nitrogens with zero attached hydrogens (tertiary/aromatic N) is 3. The SMILES string of the molecule is N#Cc1ccccc1C(=O)Nc1ccc(-c2cc(C(F)(F)F)ccc2C(=O)n2nc[nH]c2=O)cc1. The molecule has 0 fully saturated rings. The first-order chi connectivity index (χ1) is 16.7. The van der Waals surface area contributed by atoms with E-state index in [2.05, 4.69) is 15.4 Å². The largest absolute Gasteiger partial charge is 0.416 e. The van der Waals surface area contributed by atoms with Gasteiger partial charge in [0.25, 0.3) is 11.8 Å². The normalized spacial score (nSPS) is 11.0. The summed E-state index contributed by atoms with van der Waals surface area (Å²) < 4.78 is 40.6. The molecule has 0 aliphatic rings. The van der Waals surface area contributed by atoms with Crippen LogP contribution in [0.15, 0.2) is 77.9 Å². The maximum atomic E-state index is 13.4. The fourth-order valence-electron chi connectivity index (χ4n) is 3.37. The van der Waals surface area contributed by atoms with Crippen LogP contribution >= 0.6 is 0 Å². The van der Waals surface area contributed by atoms with Crippen molar-refractivity contribution in [2.45, 2.75) is 6.18 Å². The van der Waals surface area contributed by atoms with Gasteiger partial charge >= 0.3 is 11.9 Å². The van der Waals surface area contributed by atoms with Gasteiger partial charge in [-0.3, -0.25) is 14.6 Å². The Morgan fingerprint density at radius 2 is 1.71 bits per heavy atom. The molecule has 0 aliphatic heterocycles. The third-order valence-corrected chi connectivity index (χ3v) is 5.07. The molecule has 0 radical (unpaired) electrons. The maximum absolute atomic E-state index is 13.4. The number of amides is 1. The zero-order chi connectivity index (χ0) is 25.2. The summed E-state index contributed by atoms with van der Waals surface area (Å²) in [7, 11) is 0. The summed E-state index contributed by atoms with van der Waals surface area (Å²) in [5.41, 5.74) is -1.18. The first kappa shape index (κ1) is 23.2. The number of halogens is 3. The number of anilines is 1. The molecule has 3 aromatic carbocycles. The van der Waals surface area contributed by atoms with E-state index in [0.717, 1.165) is 24.5 Å². The third-order valence-electron chi connectivity index (χ3n) is 5.07. The number of aromatic nitrogens is 3. The lowest BCUT2D eigenvalue weighted by atomic mass is 9.96. The average Bonchev–Trinajstić information content (AvgIpc) is 3.28. The molecule has 0 atom stereocenters. The third kappa shape index (κ3) is 4.72. The summed E-state index contributed by atoms with van der Waals surface area (Å²) in [6.45, 7) is 0. The smallest absolute Gasteiger partial charge is 0.322 e. The molecule has 0 saturated carbocycles. The van der Waals surface area contributed by atoms with Crippen LogP contribution in [0.4, 0.5) is 18.9 Å². The molecular weight excluding hydrogens is 463 g/mol. The number of nitriles is 1. The van der Waals surface area contributed by atoms with Gasteiger partial charge in [-0.2, -0.15) is 23.5 Å². The van der Waals surface area contributed by atoms with Crippen molar-refractivity contribution in [2.24, 2.45) is 0 Å². The Balaban J connectivity index is 1.70. The monoisotopic (exact) mass is 477 g/mol. The van der Waals surface area contributed by atoms with Gasteiger partial charge in [-0.15, -0.1) is 4.68 Å². The number of aromatic amines is 1. The van der Waals surface area contributed by atoms with Crippen LogP contribution < -0.4 is 11.0 Å². The highest BCUT2D eigenvalue weighted by atomic mass is 19.4. The summed E-state index contributed by atoms with van der Waals surface area (Å²) in [6, 6.07) is 16.4. The predicted octanol–water partition coefficient (Wildman–Crippen LogP) is 4.07. The highest BCUT2D eigenvalue weighted by Gasteiger charge is 2.32. The zero-order valence-electron chi connectivity index (χ0n) is 17.6. The van der Waals surface area contributed by atoms with Gasteiger partial charge in [0.2, 0.25) is 0 Å². The van der Waals surface area contributed by atoms with Crippen molar-refractivity contribution in [3.63, 3.8) is 0 Å². The lowest BCUT2D eigenvalue weighted by molar-refractivity contribution is -0.137. The quantitative estimate of drug-likeness (QED) is 0.459. The number of hydrogen-bond acceptors (Lipinski definition) is 5. The number of carbonyl (C=O) groups is 2. The molecule has 0 unspecified atom stereocenters. The Hall–Kier alpha value is -4.98. The van der Waals surface area contributed by atoms with Crippen molar-refractivity contribution in [3.05, 3.63) is 106 Å². The van der Waals surface area contributed by atoms with Crippen LogP contribution in [0.3, 0.4) is 0 Å². The van der Waals surface area contributed by atoms with Crippen LogP contribution in [0.5, 0.6) is 0 Å². The maximum Gasteiger partial charge on any atom is 0.416 e. The topological polar surface area (TPSA) is 121 Å². The number of carbonyl (C=O) groups excluding carboxylic acids is 2. The fourth-order valence-corrected chi connectivity index (χ4v) is 3.37. The second kappa shape index (κ2) is 9.11. The van der Waals surface area contributed by atoms with Crippen molar-refractivity contribution in [3.8, 4) is 17.2 Å². The highest BCUT2D eigenvalue weighted by Crippen LogP contribution is 2.34. The van der Waals surface area contributed by atoms with Crippen LogP contribution in [0.1, 0.15) is 31.8 Å². The highest BCUT2D eigenvalue weighted by molar-refractivity contribution is 6.06. The van der Waals surface area contributed by atoms with Gasteiger partial charge in [0.15, 0.2) is 0 Å². The molecule has 174 valence electrons. The average molecular weight is 477 g/mol. The molecule has 0 saturated heterocycles. The minimum Gasteiger partial charge on any atom is -0.322 e. The van der Waals surface area contributed by atoms with E-state index in [1.165, 1.54) is 36.4 Å². The number of nitrogens with one attached hydrogen (secondary N) is 2. The van der Waals surface area contributed by atoms with E-state index in [1.54, 1.807) is 12.1 Å². The van der Waals surface area contributed by atoms with Gasteiger partial charge < -0.3 is 5.32 Å². The predicted molar refractivity (Wildman–Crippen MR) is 119 cm³/mol. The molecule has 11 heteroatoms. The molecule has 0 bridgehead atoms. The van der Waals surface area contributed by atoms with Gasteiger partial charge in [-0.1, -0.05) is 24.3 Å². The number of rotatable bonds is 4. The van der Waals surface area contributed by atoms with Crippen molar-refractivity contribution < 1.29 is 22.8 Å². The minimum atomic E-state index is -4.67. The standard InChI is InChI=1S/C24H14F3N5O3/c25-24(26,27)16-7-10-19(22(34)32-23(35)29-13-30-32)20(11-16)14-5-8-17(9-6-14)31-21(33)18-4-2-1-3-15(18)12-28/h1-11,13H,(H,31,33)(H,29,30,35). The van der Waals surface area contributed by atoms with E-state index in [1.807, 2.05) is 6.07 Å². The number of benzene rings is 3. The second-order valence-corrected chi connectivity index (χ2v) is 7.26. The van der Waals surface area contributed by atoms with Crippen molar-refractivity contribution in [2.75, 3.05) is 5.32 Å². The van der Waals surface area contributed by atoms with E-state index in [4.69, 9.17) is 5.26 Å². The Labute approximate surface area is 195 Å². The molecule has 1 heterocycles. The van der Waals surface area contributed by atoms with Crippen LogP contribution in [0.2, 0.25) is 0 Å². The zero-order valence-corrected chi connectivity index (χ0v) is 17.6. The molecule has 0 aliphatic carbocycles. The number of H-pyrrole nitrogens is 1. The van der Waals surface area contributed by atoms with Gasteiger partial charge in [0, 0.05) is 11.3 Å². The summed E-state index contributed by atoms with van der Waals surface area (Å²) in [5, 5.41) is 15.4. The van der Waals surface area contributed by atoms with Gasteiger partial charge in [0.05, 0.1) is 22.8 Å². The molecule has 2 N–H and O–H groups in total. The van der Waals surface area contributed by atoms with Gasteiger partial charge in [-0.25, -0.2) is 4.79 Å². The Bertz CT molecular complexity index is 1530. The Morgan fingerprint density at radius 3 is 2.34 bits per heavy atom. The molecular formula is C24H14F3N5O3. The molecule has 1 aromatic heterocycles. The van der Waals surface area contributed by atoms with E-state index in [0.29, 0.717) is 10.4 Å². The van der Waals surface area contributed by atoms with Crippen molar-refractivity contribution >= 4 is 17.5 Å². The first-order valence-corrected chi connectivity index (χ1v) is 9.98. The summed E-state index contributed by atoms with van der Waals surface area (Å²) in [5.74, 6) is -1.45.